The van der Waals surface area contributed by atoms with Crippen LogP contribution >= 0.6 is 0 Å². The van der Waals surface area contributed by atoms with E-state index in [2.05, 4.69) is 0 Å². The lowest BCUT2D eigenvalue weighted by atomic mass is 9.89. The van der Waals surface area contributed by atoms with Gasteiger partial charge in [-0.2, -0.15) is 0 Å². The van der Waals surface area contributed by atoms with Crippen molar-refractivity contribution in [3.8, 4) is 23.0 Å². The van der Waals surface area contributed by atoms with E-state index in [0.29, 0.717) is 34.1 Å². The molecule has 0 aliphatic rings. The molecule has 7 nitrogen and oxygen atoms in total. The van der Waals surface area contributed by atoms with E-state index in [4.69, 9.17) is 18.9 Å². The largest absolute Gasteiger partial charge is 0.496 e. The Morgan fingerprint density at radius 2 is 1.48 bits per heavy atom. The molecule has 1 atom stereocenters. The third kappa shape index (κ3) is 3.93. The third-order valence-corrected chi connectivity index (χ3v) is 3.95. The Bertz CT molecular complexity index is 721. The fraction of sp³-hybridized carbons (Fsp3) is 0.333. The molecule has 0 spiro atoms. The highest BCUT2D eigenvalue weighted by atomic mass is 16.6. The van der Waals surface area contributed by atoms with Crippen molar-refractivity contribution in [2.75, 3.05) is 35.0 Å². The fourth-order valence-corrected chi connectivity index (χ4v) is 2.82. The van der Waals surface area contributed by atoms with Crippen LogP contribution in [0, 0.1) is 10.1 Å². The van der Waals surface area contributed by atoms with Crippen molar-refractivity contribution in [2.45, 2.75) is 5.92 Å². The first-order valence-corrected chi connectivity index (χ1v) is 7.60. The molecule has 7 heteroatoms. The van der Waals surface area contributed by atoms with Crippen LogP contribution in [0.5, 0.6) is 23.0 Å². The molecule has 0 bridgehead atoms. The van der Waals surface area contributed by atoms with Gasteiger partial charge in [0.2, 0.25) is 6.54 Å². The first-order valence-electron chi connectivity index (χ1n) is 7.60. The van der Waals surface area contributed by atoms with Crippen molar-refractivity contribution >= 4 is 0 Å². The lowest BCUT2D eigenvalue weighted by Gasteiger charge is -2.22. The van der Waals surface area contributed by atoms with Crippen LogP contribution in [0.1, 0.15) is 17.0 Å². The molecule has 2 aromatic rings. The Morgan fingerprint density at radius 1 is 0.920 bits per heavy atom. The smallest absolute Gasteiger partial charge is 0.215 e. The molecule has 0 amide bonds. The Labute approximate surface area is 146 Å². The average molecular weight is 347 g/mol. The van der Waals surface area contributed by atoms with Crippen LogP contribution in [0.25, 0.3) is 0 Å². The summed E-state index contributed by atoms with van der Waals surface area (Å²) in [6.07, 6.45) is 0. The van der Waals surface area contributed by atoms with E-state index in [1.165, 1.54) is 28.4 Å². The van der Waals surface area contributed by atoms with Crippen molar-refractivity contribution in [2.24, 2.45) is 0 Å². The third-order valence-electron chi connectivity index (χ3n) is 3.95. The van der Waals surface area contributed by atoms with Gasteiger partial charge >= 0.3 is 0 Å². The minimum Gasteiger partial charge on any atom is -0.496 e. The second-order valence-electron chi connectivity index (χ2n) is 5.26. The standard InChI is InChI=1S/C18H21NO6/c1-22-12-9-16(24-3)18(17(10-12)25-4)14(11-19(20)21)13-7-5-6-8-15(13)23-2/h5-10,14H,11H2,1-4H3. The van der Waals surface area contributed by atoms with Gasteiger partial charge in [-0.1, -0.05) is 18.2 Å². The maximum absolute atomic E-state index is 11.3. The van der Waals surface area contributed by atoms with E-state index in [1.54, 1.807) is 24.3 Å². The molecule has 2 rings (SSSR count). The maximum Gasteiger partial charge on any atom is 0.215 e. The van der Waals surface area contributed by atoms with Crippen LogP contribution in [0.3, 0.4) is 0 Å². The summed E-state index contributed by atoms with van der Waals surface area (Å²) in [6.45, 7) is -0.334. The monoisotopic (exact) mass is 347 g/mol. The molecule has 0 radical (unpaired) electrons. The molecule has 0 N–H and O–H groups in total. The van der Waals surface area contributed by atoms with Crippen LogP contribution in [0.15, 0.2) is 36.4 Å². The summed E-state index contributed by atoms with van der Waals surface area (Å²) in [5, 5.41) is 11.3. The van der Waals surface area contributed by atoms with Crippen molar-refractivity contribution in [1.29, 1.82) is 0 Å². The first-order chi connectivity index (χ1) is 12.0. The molecule has 0 aliphatic heterocycles. The quantitative estimate of drug-likeness (QED) is 0.539. The summed E-state index contributed by atoms with van der Waals surface area (Å²) in [4.78, 5) is 11.0. The highest BCUT2D eigenvalue weighted by Crippen LogP contribution is 2.44. The second kappa shape index (κ2) is 8.23. The number of hydrogen-bond donors (Lipinski definition) is 0. The van der Waals surface area contributed by atoms with Crippen LogP contribution in [0.2, 0.25) is 0 Å². The van der Waals surface area contributed by atoms with Gasteiger partial charge in [0.1, 0.15) is 23.0 Å². The van der Waals surface area contributed by atoms with Gasteiger partial charge < -0.3 is 18.9 Å². The molecule has 134 valence electrons. The first kappa shape index (κ1) is 18.4. The Kier molecular flexibility index (Phi) is 6.05. The summed E-state index contributed by atoms with van der Waals surface area (Å²) >= 11 is 0. The SMILES string of the molecule is COc1cc(OC)c(C(C[N+](=O)[O-])c2ccccc2OC)c(OC)c1. The normalized spacial score (nSPS) is 11.5. The number of rotatable bonds is 8. The number of nitrogens with zero attached hydrogens (tertiary/aromatic N) is 1. The van der Waals surface area contributed by atoms with Gasteiger partial charge in [-0.05, 0) is 6.07 Å². The number of hydrogen-bond acceptors (Lipinski definition) is 6. The van der Waals surface area contributed by atoms with Gasteiger partial charge in [-0.25, -0.2) is 0 Å². The van der Waals surface area contributed by atoms with Crippen LogP contribution in [-0.4, -0.2) is 39.9 Å². The number of ether oxygens (including phenoxy) is 4. The molecular formula is C18H21NO6. The zero-order chi connectivity index (χ0) is 18.4. The average Bonchev–Trinajstić information content (AvgIpc) is 2.64. The van der Waals surface area contributed by atoms with Gasteiger partial charge in [-0.3, -0.25) is 10.1 Å². The van der Waals surface area contributed by atoms with E-state index in [9.17, 15) is 10.1 Å². The predicted molar refractivity (Wildman–Crippen MR) is 92.8 cm³/mol. The summed E-state index contributed by atoms with van der Waals surface area (Å²) < 4.78 is 21.6. The van der Waals surface area contributed by atoms with E-state index in [0.717, 1.165) is 0 Å². The van der Waals surface area contributed by atoms with Gasteiger partial charge in [0.15, 0.2) is 0 Å². The van der Waals surface area contributed by atoms with Crippen molar-refractivity contribution in [3.63, 3.8) is 0 Å². The molecular weight excluding hydrogens is 326 g/mol. The molecule has 0 aliphatic carbocycles. The summed E-state index contributed by atoms with van der Waals surface area (Å²) in [7, 11) is 6.07. The number of benzene rings is 2. The van der Waals surface area contributed by atoms with Crippen molar-refractivity contribution in [3.05, 3.63) is 57.6 Å². The molecule has 1 unspecified atom stereocenters. The fourth-order valence-electron chi connectivity index (χ4n) is 2.82. The van der Waals surface area contributed by atoms with Gasteiger partial charge in [0, 0.05) is 22.6 Å². The lowest BCUT2D eigenvalue weighted by Crippen LogP contribution is -2.16. The second-order valence-corrected chi connectivity index (χ2v) is 5.26. The Morgan fingerprint density at radius 3 is 1.96 bits per heavy atom. The highest BCUT2D eigenvalue weighted by Gasteiger charge is 2.30. The van der Waals surface area contributed by atoms with Crippen LogP contribution in [-0.2, 0) is 0 Å². The highest BCUT2D eigenvalue weighted by molar-refractivity contribution is 5.57. The van der Waals surface area contributed by atoms with Gasteiger partial charge in [0.05, 0.1) is 39.9 Å². The van der Waals surface area contributed by atoms with Crippen LogP contribution in [0.4, 0.5) is 0 Å². The molecule has 25 heavy (non-hydrogen) atoms. The van der Waals surface area contributed by atoms with Gasteiger partial charge in [-0.15, -0.1) is 0 Å². The minimum atomic E-state index is -0.609. The molecule has 0 saturated carbocycles. The maximum atomic E-state index is 11.3. The summed E-state index contributed by atoms with van der Waals surface area (Å²) in [5.41, 5.74) is 1.26. The number of methoxy groups -OCH3 is 4. The number of para-hydroxylation sites is 1. The van der Waals surface area contributed by atoms with E-state index < -0.39 is 5.92 Å². The van der Waals surface area contributed by atoms with E-state index >= 15 is 0 Å². The molecule has 0 aromatic heterocycles. The van der Waals surface area contributed by atoms with Crippen molar-refractivity contribution < 1.29 is 23.9 Å². The Balaban J connectivity index is 2.72. The summed E-state index contributed by atoms with van der Waals surface area (Å²) in [5.74, 6) is 1.40. The van der Waals surface area contributed by atoms with Gasteiger partial charge in [0.25, 0.3) is 0 Å². The summed E-state index contributed by atoms with van der Waals surface area (Å²) in [6, 6.07) is 10.6. The Hall–Kier alpha value is -2.96. The zero-order valence-electron chi connectivity index (χ0n) is 14.6. The van der Waals surface area contributed by atoms with Crippen molar-refractivity contribution in [1.82, 2.24) is 0 Å². The molecule has 0 fully saturated rings. The van der Waals surface area contributed by atoms with E-state index in [-0.39, 0.29) is 11.5 Å². The minimum absolute atomic E-state index is 0.334. The lowest BCUT2D eigenvalue weighted by molar-refractivity contribution is -0.481. The molecule has 0 heterocycles. The number of nitro groups is 1. The molecule has 0 saturated heterocycles. The van der Waals surface area contributed by atoms with Crippen LogP contribution < -0.4 is 18.9 Å². The predicted octanol–water partition coefficient (Wildman–Crippen LogP) is 3.13. The zero-order valence-corrected chi connectivity index (χ0v) is 14.6. The van der Waals surface area contributed by atoms with E-state index in [1.807, 2.05) is 12.1 Å². The molecule has 2 aromatic carbocycles. The topological polar surface area (TPSA) is 80.1 Å².